The van der Waals surface area contributed by atoms with Gasteiger partial charge in [0, 0.05) is 6.42 Å². The topological polar surface area (TPSA) is 55.4 Å². The van der Waals surface area contributed by atoms with E-state index in [0.29, 0.717) is 6.42 Å². The third-order valence-electron chi connectivity index (χ3n) is 2.20. The molecular weight excluding hydrogens is 218 g/mol. The highest BCUT2D eigenvalue weighted by Crippen LogP contribution is 2.21. The van der Waals surface area contributed by atoms with Crippen LogP contribution in [0.15, 0.2) is 0 Å². The van der Waals surface area contributed by atoms with E-state index in [9.17, 15) is 9.59 Å². The Labute approximate surface area is 104 Å². The van der Waals surface area contributed by atoms with E-state index < -0.39 is 17.7 Å². The molecule has 0 radical (unpaired) electrons. The maximum Gasteiger partial charge on any atom is 0.408 e. The van der Waals surface area contributed by atoms with Crippen molar-refractivity contribution >= 4 is 11.9 Å². The van der Waals surface area contributed by atoms with Gasteiger partial charge in [-0.2, -0.15) is 0 Å². The lowest BCUT2D eigenvalue weighted by molar-refractivity contribution is -0.123. The maximum absolute atomic E-state index is 11.8. The van der Waals surface area contributed by atoms with Crippen LogP contribution in [0.3, 0.4) is 0 Å². The number of ether oxygens (including phenoxy) is 1. The van der Waals surface area contributed by atoms with Crippen molar-refractivity contribution in [1.82, 2.24) is 5.32 Å². The van der Waals surface area contributed by atoms with E-state index >= 15 is 0 Å². The van der Waals surface area contributed by atoms with Gasteiger partial charge in [0.25, 0.3) is 0 Å². The van der Waals surface area contributed by atoms with Crippen molar-refractivity contribution in [3.05, 3.63) is 0 Å². The molecule has 0 bridgehead atoms. The molecule has 0 aromatic heterocycles. The van der Waals surface area contributed by atoms with Crippen LogP contribution in [0.25, 0.3) is 0 Å². The molecule has 0 spiro atoms. The van der Waals surface area contributed by atoms with Gasteiger partial charge < -0.3 is 10.1 Å². The van der Waals surface area contributed by atoms with Crippen molar-refractivity contribution in [2.45, 2.75) is 66.5 Å². The van der Waals surface area contributed by atoms with Gasteiger partial charge in [0.15, 0.2) is 5.78 Å². The zero-order chi connectivity index (χ0) is 13.9. The first-order valence-electron chi connectivity index (χ1n) is 5.99. The largest absolute Gasteiger partial charge is 0.444 e. The smallest absolute Gasteiger partial charge is 0.408 e. The maximum atomic E-state index is 11.8. The number of alkyl carbamates (subject to hydrolysis) is 1. The van der Waals surface area contributed by atoms with Gasteiger partial charge in [0.1, 0.15) is 5.60 Å². The summed E-state index contributed by atoms with van der Waals surface area (Å²) in [6.45, 7) is 12.9. The fraction of sp³-hybridized carbons (Fsp3) is 0.846. The highest BCUT2D eigenvalue weighted by molar-refractivity contribution is 5.87. The van der Waals surface area contributed by atoms with Gasteiger partial charge in [-0.05, 0) is 26.2 Å². The van der Waals surface area contributed by atoms with Crippen LogP contribution in [0.2, 0.25) is 0 Å². The molecule has 0 heterocycles. The van der Waals surface area contributed by atoms with Crippen molar-refractivity contribution in [3.8, 4) is 0 Å². The fourth-order valence-corrected chi connectivity index (χ4v) is 1.41. The normalized spacial score (nSPS) is 14.1. The Kier molecular flexibility index (Phi) is 5.17. The Morgan fingerprint density at radius 3 is 1.88 bits per heavy atom. The zero-order valence-corrected chi connectivity index (χ0v) is 12.0. The van der Waals surface area contributed by atoms with Crippen molar-refractivity contribution in [1.29, 1.82) is 0 Å². The molecule has 0 saturated carbocycles. The minimum absolute atomic E-state index is 0.0170. The Morgan fingerprint density at radius 1 is 1.12 bits per heavy atom. The second kappa shape index (κ2) is 5.52. The monoisotopic (exact) mass is 243 g/mol. The Balaban J connectivity index is 4.67. The predicted molar refractivity (Wildman–Crippen MR) is 67.9 cm³/mol. The van der Waals surface area contributed by atoms with Crippen LogP contribution in [-0.2, 0) is 9.53 Å². The molecule has 0 saturated heterocycles. The molecule has 17 heavy (non-hydrogen) atoms. The molecule has 0 aliphatic heterocycles. The van der Waals surface area contributed by atoms with Gasteiger partial charge in [-0.1, -0.05) is 27.7 Å². The molecule has 0 rings (SSSR count). The number of rotatable bonds is 3. The van der Waals surface area contributed by atoms with Crippen molar-refractivity contribution in [2.75, 3.05) is 0 Å². The zero-order valence-electron chi connectivity index (χ0n) is 12.0. The molecule has 4 heteroatoms. The summed E-state index contributed by atoms with van der Waals surface area (Å²) in [6.07, 6.45) is -0.142. The molecule has 0 aliphatic carbocycles. The lowest BCUT2D eigenvalue weighted by atomic mass is 9.83. The molecule has 0 unspecified atom stereocenters. The summed E-state index contributed by atoms with van der Waals surface area (Å²) in [5.74, 6) is 0.0170. The van der Waals surface area contributed by atoms with Gasteiger partial charge in [-0.25, -0.2) is 4.79 Å². The number of carbonyl (C=O) groups is 2. The van der Waals surface area contributed by atoms with Crippen LogP contribution >= 0.6 is 0 Å². The molecule has 0 aliphatic rings. The van der Waals surface area contributed by atoms with Gasteiger partial charge in [-0.15, -0.1) is 0 Å². The van der Waals surface area contributed by atoms with Crippen molar-refractivity contribution in [3.63, 3.8) is 0 Å². The second-order valence-corrected chi connectivity index (χ2v) is 6.27. The van der Waals surface area contributed by atoms with E-state index in [4.69, 9.17) is 4.74 Å². The van der Waals surface area contributed by atoms with Gasteiger partial charge >= 0.3 is 6.09 Å². The van der Waals surface area contributed by atoms with E-state index in [0.717, 1.165) is 0 Å². The number of ketones is 1. The Bertz CT molecular complexity index is 284. The lowest BCUT2D eigenvalue weighted by Crippen LogP contribution is -2.50. The third kappa shape index (κ3) is 6.29. The standard InChI is InChI=1S/C13H25NO3/c1-8-9(15)10(12(2,3)4)14-11(16)17-13(5,6)7/h10H,8H2,1-7H3,(H,14,16)/t10-/m1/s1. The molecule has 1 amide bonds. The summed E-state index contributed by atoms with van der Waals surface area (Å²) >= 11 is 0. The van der Waals surface area contributed by atoms with E-state index in [1.807, 2.05) is 20.8 Å². The summed E-state index contributed by atoms with van der Waals surface area (Å²) in [5, 5.41) is 2.65. The van der Waals surface area contributed by atoms with Crippen LogP contribution < -0.4 is 5.32 Å². The summed E-state index contributed by atoms with van der Waals surface area (Å²) in [4.78, 5) is 23.4. The molecule has 1 N–H and O–H groups in total. The van der Waals surface area contributed by atoms with E-state index in [1.54, 1.807) is 27.7 Å². The number of amides is 1. The predicted octanol–water partition coefficient (Wildman–Crippen LogP) is 2.90. The molecule has 1 atom stereocenters. The van der Waals surface area contributed by atoms with Gasteiger partial charge in [0.2, 0.25) is 0 Å². The van der Waals surface area contributed by atoms with Crippen molar-refractivity contribution in [2.24, 2.45) is 5.41 Å². The molecule has 4 nitrogen and oxygen atoms in total. The average Bonchev–Trinajstić information content (AvgIpc) is 2.08. The highest BCUT2D eigenvalue weighted by Gasteiger charge is 2.32. The Hall–Kier alpha value is -1.06. The fourth-order valence-electron chi connectivity index (χ4n) is 1.41. The lowest BCUT2D eigenvalue weighted by Gasteiger charge is -2.31. The highest BCUT2D eigenvalue weighted by atomic mass is 16.6. The third-order valence-corrected chi connectivity index (χ3v) is 2.20. The molecule has 0 aromatic carbocycles. The van der Waals surface area contributed by atoms with E-state index in [2.05, 4.69) is 5.32 Å². The number of nitrogens with one attached hydrogen (secondary N) is 1. The average molecular weight is 243 g/mol. The molecular formula is C13H25NO3. The summed E-state index contributed by atoms with van der Waals surface area (Å²) in [6, 6.07) is -0.512. The summed E-state index contributed by atoms with van der Waals surface area (Å²) in [7, 11) is 0. The van der Waals surface area contributed by atoms with Crippen molar-refractivity contribution < 1.29 is 14.3 Å². The van der Waals surface area contributed by atoms with Gasteiger partial charge in [-0.3, -0.25) is 4.79 Å². The van der Waals surface area contributed by atoms with E-state index in [-0.39, 0.29) is 11.2 Å². The summed E-state index contributed by atoms with van der Waals surface area (Å²) in [5.41, 5.74) is -0.869. The Morgan fingerprint density at radius 2 is 1.59 bits per heavy atom. The SMILES string of the molecule is CCC(=O)[C@@H](NC(=O)OC(C)(C)C)C(C)(C)C. The van der Waals surface area contributed by atoms with Crippen LogP contribution in [0.1, 0.15) is 54.9 Å². The van der Waals surface area contributed by atoms with E-state index in [1.165, 1.54) is 0 Å². The van der Waals surface area contributed by atoms with Crippen LogP contribution in [-0.4, -0.2) is 23.5 Å². The van der Waals surface area contributed by atoms with Crippen LogP contribution in [0.5, 0.6) is 0 Å². The van der Waals surface area contributed by atoms with Gasteiger partial charge in [0.05, 0.1) is 6.04 Å². The second-order valence-electron chi connectivity index (χ2n) is 6.27. The first-order chi connectivity index (χ1) is 7.47. The molecule has 0 fully saturated rings. The van der Waals surface area contributed by atoms with Crippen LogP contribution in [0.4, 0.5) is 4.79 Å². The molecule has 100 valence electrons. The number of hydrogen-bond acceptors (Lipinski definition) is 3. The minimum Gasteiger partial charge on any atom is -0.444 e. The first kappa shape index (κ1) is 15.9. The number of carbonyl (C=O) groups excluding carboxylic acids is 2. The quantitative estimate of drug-likeness (QED) is 0.829. The molecule has 0 aromatic rings. The summed E-state index contributed by atoms with van der Waals surface area (Å²) < 4.78 is 5.16. The minimum atomic E-state index is -0.554. The number of Topliss-reactive ketones (excluding diaryl/α,β-unsaturated/α-hetero) is 1. The number of hydrogen-bond donors (Lipinski definition) is 1. The van der Waals surface area contributed by atoms with Crippen LogP contribution in [0, 0.1) is 5.41 Å². The first-order valence-corrected chi connectivity index (χ1v) is 5.99.